The molecule has 0 bridgehead atoms. The van der Waals surface area contributed by atoms with Gasteiger partial charge in [0.05, 0.1) is 5.56 Å². The molecular formula is C11H12BF3O5S. The topological polar surface area (TPSA) is 80.7 Å². The summed E-state index contributed by atoms with van der Waals surface area (Å²) in [6.07, 6.45) is -7.64. The molecule has 0 aliphatic carbocycles. The molecule has 1 atom stereocenters. The van der Waals surface area contributed by atoms with Crippen molar-refractivity contribution in [3.05, 3.63) is 35.4 Å². The minimum atomic E-state index is -5.10. The lowest BCUT2D eigenvalue weighted by Crippen LogP contribution is -2.39. The first-order valence-electron chi connectivity index (χ1n) is 5.85. The molecule has 0 amide bonds. The monoisotopic (exact) mass is 324 g/mol. The molecule has 0 saturated carbocycles. The summed E-state index contributed by atoms with van der Waals surface area (Å²) in [6.45, 7) is 0. The van der Waals surface area contributed by atoms with Crippen molar-refractivity contribution in [2.75, 3.05) is 5.75 Å². The van der Waals surface area contributed by atoms with Crippen LogP contribution in [0.25, 0.3) is 0 Å². The highest BCUT2D eigenvalue weighted by atomic mass is 32.2. The van der Waals surface area contributed by atoms with E-state index in [0.717, 1.165) is 0 Å². The molecular weight excluding hydrogens is 312 g/mol. The van der Waals surface area contributed by atoms with Gasteiger partial charge < -0.3 is 4.74 Å². The van der Waals surface area contributed by atoms with Crippen molar-refractivity contribution in [3.8, 4) is 0 Å². The van der Waals surface area contributed by atoms with Crippen LogP contribution in [0.4, 0.5) is 13.2 Å². The van der Waals surface area contributed by atoms with E-state index in [2.05, 4.69) is 4.74 Å². The van der Waals surface area contributed by atoms with Crippen LogP contribution >= 0.6 is 0 Å². The molecule has 5 nitrogen and oxygen atoms in total. The molecule has 116 valence electrons. The van der Waals surface area contributed by atoms with E-state index in [1.807, 2.05) is 0 Å². The van der Waals surface area contributed by atoms with Crippen LogP contribution in [-0.2, 0) is 21.2 Å². The van der Waals surface area contributed by atoms with E-state index in [1.54, 1.807) is 20.0 Å². The summed E-state index contributed by atoms with van der Waals surface area (Å²) in [5, 5.41) is 0. The third-order valence-electron chi connectivity index (χ3n) is 2.59. The first-order valence-corrected chi connectivity index (χ1v) is 7.46. The lowest BCUT2D eigenvalue weighted by molar-refractivity contribution is -0.197. The summed E-state index contributed by atoms with van der Waals surface area (Å²) in [5.74, 6) is -3.03. The lowest BCUT2D eigenvalue weighted by Gasteiger charge is -2.20. The molecule has 1 aromatic carbocycles. The third kappa shape index (κ3) is 5.39. The van der Waals surface area contributed by atoms with Crippen LogP contribution in [-0.4, -0.2) is 44.8 Å². The Morgan fingerprint density at radius 3 is 2.38 bits per heavy atom. The molecule has 10 heteroatoms. The predicted molar refractivity (Wildman–Crippen MR) is 70.4 cm³/mol. The number of esters is 1. The second-order valence-corrected chi connectivity index (χ2v) is 5.69. The van der Waals surface area contributed by atoms with Crippen molar-refractivity contribution in [2.24, 2.45) is 0 Å². The van der Waals surface area contributed by atoms with Gasteiger partial charge in [-0.15, -0.1) is 0 Å². The molecule has 1 unspecified atom stereocenters. The molecule has 1 N–H and O–H groups in total. The van der Waals surface area contributed by atoms with Crippen LogP contribution < -0.4 is 0 Å². The van der Waals surface area contributed by atoms with Crippen molar-refractivity contribution >= 4 is 23.9 Å². The van der Waals surface area contributed by atoms with Gasteiger partial charge in [-0.1, -0.05) is 24.5 Å². The zero-order valence-corrected chi connectivity index (χ0v) is 11.7. The SMILES string of the molecule is BCc1ccccc1C(=O)OC(CS(=O)(=O)O)C(F)(F)F. The van der Waals surface area contributed by atoms with E-state index in [1.165, 1.54) is 12.1 Å². The standard InChI is InChI=1S/C11H12BF3O5S/c12-5-7-3-1-2-4-8(7)10(16)20-9(11(13,14)15)6-21(17,18)19/h1-4,9H,5-6,12H2,(H,17,18,19). The fourth-order valence-corrected chi connectivity index (χ4v) is 2.25. The molecule has 0 fully saturated rings. The van der Waals surface area contributed by atoms with Gasteiger partial charge in [0.1, 0.15) is 13.6 Å². The van der Waals surface area contributed by atoms with Gasteiger partial charge in [-0.25, -0.2) is 4.79 Å². The summed E-state index contributed by atoms with van der Waals surface area (Å²) in [6, 6.07) is 5.88. The Balaban J connectivity index is 3.01. The van der Waals surface area contributed by atoms with Gasteiger partial charge >= 0.3 is 12.1 Å². The normalized spacial score (nSPS) is 13.7. The number of carbonyl (C=O) groups is 1. The smallest absolute Gasteiger partial charge is 0.426 e. The second-order valence-electron chi connectivity index (χ2n) is 4.19. The number of ether oxygens (including phenoxy) is 1. The Bertz CT molecular complexity index is 615. The van der Waals surface area contributed by atoms with Gasteiger partial charge in [0.25, 0.3) is 10.1 Å². The van der Waals surface area contributed by atoms with Gasteiger partial charge in [-0.3, -0.25) is 4.55 Å². The molecule has 1 rings (SSSR count). The first-order chi connectivity index (χ1) is 9.54. The summed E-state index contributed by atoms with van der Waals surface area (Å²) < 4.78 is 71.9. The Kier molecular flexibility index (Phi) is 5.40. The highest BCUT2D eigenvalue weighted by Crippen LogP contribution is 2.25. The maximum absolute atomic E-state index is 12.7. The number of rotatable bonds is 5. The minimum Gasteiger partial charge on any atom is -0.448 e. The Hall–Kier alpha value is -1.55. The Morgan fingerprint density at radius 2 is 1.90 bits per heavy atom. The third-order valence-corrected chi connectivity index (χ3v) is 3.32. The Labute approximate surface area is 120 Å². The highest BCUT2D eigenvalue weighted by Gasteiger charge is 2.45. The highest BCUT2D eigenvalue weighted by molar-refractivity contribution is 7.85. The van der Waals surface area contributed by atoms with E-state index in [9.17, 15) is 26.4 Å². The maximum Gasteiger partial charge on any atom is 0.426 e. The van der Waals surface area contributed by atoms with Crippen molar-refractivity contribution in [1.29, 1.82) is 0 Å². The van der Waals surface area contributed by atoms with Crippen LogP contribution in [0.3, 0.4) is 0 Å². The van der Waals surface area contributed by atoms with Crippen LogP contribution in [0, 0.1) is 0 Å². The van der Waals surface area contributed by atoms with E-state index < -0.39 is 34.1 Å². The van der Waals surface area contributed by atoms with Crippen molar-refractivity contribution < 1.29 is 35.7 Å². The number of hydrogen-bond donors (Lipinski definition) is 1. The van der Waals surface area contributed by atoms with Crippen molar-refractivity contribution in [2.45, 2.75) is 18.6 Å². The summed E-state index contributed by atoms with van der Waals surface area (Å²) in [4.78, 5) is 11.8. The fourth-order valence-electron chi connectivity index (χ4n) is 1.61. The van der Waals surface area contributed by atoms with Gasteiger partial charge in [0.15, 0.2) is 0 Å². The van der Waals surface area contributed by atoms with Crippen molar-refractivity contribution in [1.82, 2.24) is 0 Å². The molecule has 0 heterocycles. The molecule has 0 spiro atoms. The number of benzene rings is 1. The molecule has 0 aliphatic heterocycles. The van der Waals surface area contributed by atoms with Crippen LogP contribution in [0.1, 0.15) is 15.9 Å². The number of carbonyl (C=O) groups excluding carboxylic acids is 1. The molecule has 0 radical (unpaired) electrons. The van der Waals surface area contributed by atoms with Crippen LogP contribution in [0.15, 0.2) is 24.3 Å². The van der Waals surface area contributed by atoms with Crippen LogP contribution in [0.5, 0.6) is 0 Å². The van der Waals surface area contributed by atoms with Gasteiger partial charge in [0.2, 0.25) is 6.10 Å². The average molecular weight is 324 g/mol. The first kappa shape index (κ1) is 17.5. The van der Waals surface area contributed by atoms with Gasteiger partial charge in [0, 0.05) is 0 Å². The lowest BCUT2D eigenvalue weighted by atomic mass is 9.93. The summed E-state index contributed by atoms with van der Waals surface area (Å²) >= 11 is 0. The second kappa shape index (κ2) is 6.48. The minimum absolute atomic E-state index is 0.0791. The molecule has 0 saturated heterocycles. The van der Waals surface area contributed by atoms with E-state index in [-0.39, 0.29) is 5.56 Å². The summed E-state index contributed by atoms with van der Waals surface area (Å²) in [7, 11) is -3.25. The van der Waals surface area contributed by atoms with Crippen LogP contribution in [0.2, 0.25) is 0 Å². The number of hydrogen-bond acceptors (Lipinski definition) is 4. The van der Waals surface area contributed by atoms with Gasteiger partial charge in [-0.2, -0.15) is 21.6 Å². The quantitative estimate of drug-likeness (QED) is 0.492. The predicted octanol–water partition coefficient (Wildman–Crippen LogP) is 0.795. The number of alkyl halides is 3. The molecule has 0 aromatic heterocycles. The molecule has 1 aromatic rings. The van der Waals surface area contributed by atoms with E-state index in [4.69, 9.17) is 4.55 Å². The van der Waals surface area contributed by atoms with E-state index >= 15 is 0 Å². The van der Waals surface area contributed by atoms with E-state index in [0.29, 0.717) is 11.9 Å². The zero-order chi connectivity index (χ0) is 16.3. The maximum atomic E-state index is 12.7. The summed E-state index contributed by atoms with van der Waals surface area (Å²) in [5.41, 5.74) is 0.389. The molecule has 0 aliphatic rings. The zero-order valence-electron chi connectivity index (χ0n) is 10.9. The fraction of sp³-hybridized carbons (Fsp3) is 0.364. The largest absolute Gasteiger partial charge is 0.448 e. The average Bonchev–Trinajstić information content (AvgIpc) is 2.35. The van der Waals surface area contributed by atoms with Crippen molar-refractivity contribution in [3.63, 3.8) is 0 Å². The number of halogens is 3. The molecule has 21 heavy (non-hydrogen) atoms. The Morgan fingerprint density at radius 1 is 1.33 bits per heavy atom. The van der Waals surface area contributed by atoms with Gasteiger partial charge in [-0.05, 0) is 11.6 Å².